The first-order chi connectivity index (χ1) is 9.08. The van der Waals surface area contributed by atoms with Crippen molar-refractivity contribution in [3.8, 4) is 0 Å². The highest BCUT2D eigenvalue weighted by Crippen LogP contribution is 2.30. The molecule has 0 bridgehead atoms. The van der Waals surface area contributed by atoms with Crippen LogP contribution in [0.5, 0.6) is 0 Å². The smallest absolute Gasteiger partial charge is 0.178 e. The molecule has 0 aliphatic heterocycles. The Hall–Kier alpha value is -0.900. The lowest BCUT2D eigenvalue weighted by Crippen LogP contribution is -2.17. The summed E-state index contributed by atoms with van der Waals surface area (Å²) in [6.45, 7) is 1.80. The molecule has 0 saturated heterocycles. The van der Waals surface area contributed by atoms with E-state index in [0.717, 1.165) is 17.9 Å². The Morgan fingerprint density at radius 3 is 2.68 bits per heavy atom. The normalized spacial score (nSPS) is 17.6. The standard InChI is InChI=1S/C15H18F2OS/c1-10(19-9-11-4-2-3-5-11)15(18)13-7-6-12(16)8-14(13)17/h6-8,10-11H,2-5,9H2,1H3. The monoisotopic (exact) mass is 284 g/mol. The molecule has 1 aromatic rings. The van der Waals surface area contributed by atoms with E-state index in [1.807, 2.05) is 0 Å². The Morgan fingerprint density at radius 2 is 2.05 bits per heavy atom. The second kappa shape index (κ2) is 6.51. The van der Waals surface area contributed by atoms with Crippen molar-refractivity contribution in [2.24, 2.45) is 5.92 Å². The summed E-state index contributed by atoms with van der Waals surface area (Å²) >= 11 is 1.58. The zero-order chi connectivity index (χ0) is 13.8. The lowest BCUT2D eigenvalue weighted by molar-refractivity contribution is 0.0990. The van der Waals surface area contributed by atoms with Crippen LogP contribution in [0.25, 0.3) is 0 Å². The fourth-order valence-corrected chi connectivity index (χ4v) is 3.61. The number of Topliss-reactive ketones (excluding diaryl/α,β-unsaturated/α-hetero) is 1. The molecule has 104 valence electrons. The Morgan fingerprint density at radius 1 is 1.37 bits per heavy atom. The highest BCUT2D eigenvalue weighted by atomic mass is 32.2. The van der Waals surface area contributed by atoms with Crippen molar-refractivity contribution in [3.05, 3.63) is 35.4 Å². The molecular weight excluding hydrogens is 266 g/mol. The molecular formula is C15H18F2OS. The molecule has 19 heavy (non-hydrogen) atoms. The number of benzene rings is 1. The molecule has 0 amide bonds. The SMILES string of the molecule is CC(SCC1CCCC1)C(=O)c1ccc(F)cc1F. The van der Waals surface area contributed by atoms with Crippen LogP contribution in [0.3, 0.4) is 0 Å². The lowest BCUT2D eigenvalue weighted by atomic mass is 10.1. The van der Waals surface area contributed by atoms with Gasteiger partial charge in [-0.25, -0.2) is 8.78 Å². The highest BCUT2D eigenvalue weighted by molar-refractivity contribution is 8.00. The van der Waals surface area contributed by atoms with Gasteiger partial charge in [0.1, 0.15) is 11.6 Å². The third kappa shape index (κ3) is 3.78. The summed E-state index contributed by atoms with van der Waals surface area (Å²) < 4.78 is 26.3. The molecule has 4 heteroatoms. The predicted octanol–water partition coefficient (Wildman–Crippen LogP) is 4.46. The molecule has 1 aromatic carbocycles. The van der Waals surface area contributed by atoms with E-state index in [9.17, 15) is 13.6 Å². The van der Waals surface area contributed by atoms with Gasteiger partial charge in [0.2, 0.25) is 0 Å². The second-order valence-electron chi connectivity index (χ2n) is 5.11. The number of carbonyl (C=O) groups is 1. The summed E-state index contributed by atoms with van der Waals surface area (Å²) in [5.41, 5.74) is -0.00665. The summed E-state index contributed by atoms with van der Waals surface area (Å²) in [5, 5.41) is -0.277. The van der Waals surface area contributed by atoms with Crippen molar-refractivity contribution < 1.29 is 13.6 Å². The summed E-state index contributed by atoms with van der Waals surface area (Å²) in [5.74, 6) is -0.0205. The maximum Gasteiger partial charge on any atom is 0.178 e. The van der Waals surface area contributed by atoms with Gasteiger partial charge in [-0.15, -0.1) is 0 Å². The number of hydrogen-bond donors (Lipinski definition) is 0. The summed E-state index contributed by atoms with van der Waals surface area (Å²) in [7, 11) is 0. The molecule has 0 N–H and O–H groups in total. The van der Waals surface area contributed by atoms with Gasteiger partial charge < -0.3 is 0 Å². The highest BCUT2D eigenvalue weighted by Gasteiger charge is 2.22. The molecule has 1 nitrogen and oxygen atoms in total. The van der Waals surface area contributed by atoms with Crippen molar-refractivity contribution in [1.29, 1.82) is 0 Å². The van der Waals surface area contributed by atoms with E-state index in [4.69, 9.17) is 0 Å². The van der Waals surface area contributed by atoms with Crippen molar-refractivity contribution in [1.82, 2.24) is 0 Å². The van der Waals surface area contributed by atoms with Gasteiger partial charge >= 0.3 is 0 Å². The van der Waals surface area contributed by atoms with Crippen LogP contribution in [0.15, 0.2) is 18.2 Å². The average molecular weight is 284 g/mol. The average Bonchev–Trinajstić information content (AvgIpc) is 2.88. The minimum Gasteiger partial charge on any atom is -0.293 e. The van der Waals surface area contributed by atoms with Gasteiger partial charge in [0.05, 0.1) is 10.8 Å². The van der Waals surface area contributed by atoms with Crippen LogP contribution in [0.1, 0.15) is 43.0 Å². The molecule has 0 spiro atoms. The quantitative estimate of drug-likeness (QED) is 0.743. The van der Waals surface area contributed by atoms with Gasteiger partial charge in [-0.3, -0.25) is 4.79 Å². The van der Waals surface area contributed by atoms with Gasteiger partial charge in [0.25, 0.3) is 0 Å². The maximum atomic E-state index is 13.5. The van der Waals surface area contributed by atoms with E-state index in [0.29, 0.717) is 5.92 Å². The number of rotatable bonds is 5. The van der Waals surface area contributed by atoms with Gasteiger partial charge in [-0.2, -0.15) is 11.8 Å². The zero-order valence-corrected chi connectivity index (χ0v) is 11.8. The van der Waals surface area contributed by atoms with Gasteiger partial charge in [-0.05, 0) is 43.6 Å². The third-order valence-electron chi connectivity index (χ3n) is 3.62. The number of carbonyl (C=O) groups excluding carboxylic acids is 1. The second-order valence-corrected chi connectivity index (χ2v) is 6.49. The number of thioether (sulfide) groups is 1. The largest absolute Gasteiger partial charge is 0.293 e. The van der Waals surface area contributed by atoms with Crippen molar-refractivity contribution in [2.45, 2.75) is 37.9 Å². The van der Waals surface area contributed by atoms with Crippen LogP contribution in [0, 0.1) is 17.6 Å². The van der Waals surface area contributed by atoms with E-state index in [1.165, 1.54) is 31.7 Å². The van der Waals surface area contributed by atoms with Gasteiger partial charge in [0, 0.05) is 6.07 Å². The lowest BCUT2D eigenvalue weighted by Gasteiger charge is -2.14. The van der Waals surface area contributed by atoms with Crippen LogP contribution in [0.2, 0.25) is 0 Å². The first-order valence-corrected chi connectivity index (χ1v) is 7.73. The fraction of sp³-hybridized carbons (Fsp3) is 0.533. The Labute approximate surface area is 116 Å². The van der Waals surface area contributed by atoms with Crippen LogP contribution < -0.4 is 0 Å². The van der Waals surface area contributed by atoms with E-state index in [2.05, 4.69) is 0 Å². The summed E-state index contributed by atoms with van der Waals surface area (Å²) in [4.78, 5) is 12.1. The molecule has 0 aromatic heterocycles. The molecule has 1 aliphatic carbocycles. The maximum absolute atomic E-state index is 13.5. The topological polar surface area (TPSA) is 17.1 Å². The minimum atomic E-state index is -0.765. The first kappa shape index (κ1) is 14.5. The summed E-state index contributed by atoms with van der Waals surface area (Å²) in [6, 6.07) is 3.13. The van der Waals surface area contributed by atoms with Crippen LogP contribution >= 0.6 is 11.8 Å². The minimum absolute atomic E-state index is 0.00665. The van der Waals surface area contributed by atoms with Gasteiger partial charge in [0.15, 0.2) is 5.78 Å². The van der Waals surface area contributed by atoms with E-state index < -0.39 is 11.6 Å². The van der Waals surface area contributed by atoms with E-state index in [1.54, 1.807) is 18.7 Å². The molecule has 1 aliphatic rings. The Bertz CT molecular complexity index is 455. The number of ketones is 1. The molecule has 2 rings (SSSR count). The molecule has 1 saturated carbocycles. The number of halogens is 2. The Kier molecular flexibility index (Phi) is 4.97. The Balaban J connectivity index is 1.94. The molecule has 0 radical (unpaired) electrons. The van der Waals surface area contributed by atoms with E-state index in [-0.39, 0.29) is 16.6 Å². The fourth-order valence-electron chi connectivity index (χ4n) is 2.44. The zero-order valence-electron chi connectivity index (χ0n) is 11.0. The van der Waals surface area contributed by atoms with Crippen LogP contribution in [0.4, 0.5) is 8.78 Å². The third-order valence-corrected chi connectivity index (χ3v) is 5.00. The molecule has 1 atom stereocenters. The van der Waals surface area contributed by atoms with Crippen LogP contribution in [-0.2, 0) is 0 Å². The van der Waals surface area contributed by atoms with Crippen molar-refractivity contribution >= 4 is 17.5 Å². The number of hydrogen-bond acceptors (Lipinski definition) is 2. The van der Waals surface area contributed by atoms with Gasteiger partial charge in [-0.1, -0.05) is 12.8 Å². The molecule has 1 unspecified atom stereocenters. The predicted molar refractivity (Wildman–Crippen MR) is 74.6 cm³/mol. The molecule has 0 heterocycles. The molecule has 1 fully saturated rings. The van der Waals surface area contributed by atoms with Crippen molar-refractivity contribution in [3.63, 3.8) is 0 Å². The van der Waals surface area contributed by atoms with E-state index >= 15 is 0 Å². The van der Waals surface area contributed by atoms with Crippen molar-refractivity contribution in [2.75, 3.05) is 5.75 Å². The first-order valence-electron chi connectivity index (χ1n) is 6.69. The van der Waals surface area contributed by atoms with Crippen LogP contribution in [-0.4, -0.2) is 16.8 Å². The summed E-state index contributed by atoms with van der Waals surface area (Å²) in [6.07, 6.45) is 5.03.